The van der Waals surface area contributed by atoms with Crippen LogP contribution in [0.5, 0.6) is 0 Å². The second-order valence-electron chi connectivity index (χ2n) is 5.81. The summed E-state index contributed by atoms with van der Waals surface area (Å²) < 4.78 is 0. The highest BCUT2D eigenvalue weighted by atomic mass is 16.4. The van der Waals surface area contributed by atoms with E-state index in [4.69, 9.17) is 5.21 Å². The van der Waals surface area contributed by atoms with E-state index in [1.54, 1.807) is 0 Å². The minimum Gasteiger partial charge on any atom is -0.411 e. The first-order chi connectivity index (χ1) is 6.70. The van der Waals surface area contributed by atoms with E-state index in [0.717, 1.165) is 31.4 Å². The van der Waals surface area contributed by atoms with Gasteiger partial charge in [-0.15, -0.1) is 0 Å². The van der Waals surface area contributed by atoms with Crippen molar-refractivity contribution in [1.82, 2.24) is 0 Å². The third-order valence-electron chi connectivity index (χ3n) is 5.49. The molecule has 0 heterocycles. The lowest BCUT2D eigenvalue weighted by molar-refractivity contribution is 0.0116. The third-order valence-corrected chi connectivity index (χ3v) is 5.49. The van der Waals surface area contributed by atoms with Crippen molar-refractivity contribution >= 4 is 5.71 Å². The van der Waals surface area contributed by atoms with Gasteiger partial charge < -0.3 is 10.3 Å². The summed E-state index contributed by atoms with van der Waals surface area (Å²) in [7, 11) is 0. The van der Waals surface area contributed by atoms with Crippen LogP contribution in [0.4, 0.5) is 0 Å². The standard InChI is InChI=1S/C11H15NO2/c13-11-2-1-10-5-7(10)9(12-14)6(4-11)3-8(10)11/h6-8,13-14H,1-5H2/b12-9+. The molecule has 2 N–H and O–H groups in total. The van der Waals surface area contributed by atoms with E-state index in [9.17, 15) is 5.11 Å². The molecule has 1 spiro atoms. The Morgan fingerprint density at radius 3 is 2.93 bits per heavy atom. The molecule has 0 amide bonds. The first-order valence-electron chi connectivity index (χ1n) is 5.64. The number of fused-ring (bicyclic) bond motifs is 1. The van der Waals surface area contributed by atoms with Crippen molar-refractivity contribution < 1.29 is 10.3 Å². The van der Waals surface area contributed by atoms with Crippen LogP contribution in [0.2, 0.25) is 0 Å². The molecule has 4 aliphatic carbocycles. The summed E-state index contributed by atoms with van der Waals surface area (Å²) in [5.74, 6) is 1.43. The fraction of sp³-hybridized carbons (Fsp3) is 0.909. The maximum Gasteiger partial charge on any atom is 0.0688 e. The van der Waals surface area contributed by atoms with Crippen molar-refractivity contribution in [3.8, 4) is 0 Å². The molecular formula is C11H15NO2. The van der Waals surface area contributed by atoms with Gasteiger partial charge in [0.1, 0.15) is 0 Å². The van der Waals surface area contributed by atoms with Crippen molar-refractivity contribution in [2.24, 2.45) is 28.3 Å². The zero-order chi connectivity index (χ0) is 9.55. The third kappa shape index (κ3) is 0.577. The van der Waals surface area contributed by atoms with Crippen LogP contribution in [0.3, 0.4) is 0 Å². The average Bonchev–Trinajstić information content (AvgIpc) is 2.70. The number of oxime groups is 1. The predicted molar refractivity (Wildman–Crippen MR) is 50.2 cm³/mol. The molecule has 4 rings (SSSR count). The molecule has 4 fully saturated rings. The van der Waals surface area contributed by atoms with Crippen LogP contribution >= 0.6 is 0 Å². The number of aliphatic hydroxyl groups is 1. The Morgan fingerprint density at radius 2 is 2.14 bits per heavy atom. The fourth-order valence-electron chi connectivity index (χ4n) is 4.87. The van der Waals surface area contributed by atoms with Crippen LogP contribution in [0.1, 0.15) is 32.1 Å². The monoisotopic (exact) mass is 193 g/mol. The van der Waals surface area contributed by atoms with Gasteiger partial charge in [0.2, 0.25) is 0 Å². The minimum atomic E-state index is -0.397. The van der Waals surface area contributed by atoms with Crippen molar-refractivity contribution in [2.75, 3.05) is 0 Å². The van der Waals surface area contributed by atoms with E-state index in [1.165, 1.54) is 6.42 Å². The summed E-state index contributed by atoms with van der Waals surface area (Å²) in [5.41, 5.74) is 0.978. The molecule has 0 radical (unpaired) electrons. The van der Waals surface area contributed by atoms with Crippen LogP contribution in [-0.2, 0) is 0 Å². The maximum atomic E-state index is 10.5. The number of rotatable bonds is 0. The molecule has 3 nitrogen and oxygen atoms in total. The SMILES string of the molecule is O/N=C1\C2CC3C(O)(CCC34CC14)C2. The molecule has 5 atom stereocenters. The molecule has 5 unspecified atom stereocenters. The van der Waals surface area contributed by atoms with Gasteiger partial charge in [-0.3, -0.25) is 0 Å². The van der Waals surface area contributed by atoms with Gasteiger partial charge in [-0.05, 0) is 43.4 Å². The lowest BCUT2D eigenvalue weighted by atomic mass is 9.79. The summed E-state index contributed by atoms with van der Waals surface area (Å²) in [5, 5.41) is 23.0. The average molecular weight is 193 g/mol. The largest absolute Gasteiger partial charge is 0.411 e. The van der Waals surface area contributed by atoms with Crippen LogP contribution in [-0.4, -0.2) is 21.6 Å². The van der Waals surface area contributed by atoms with Crippen LogP contribution < -0.4 is 0 Å². The Balaban J connectivity index is 1.88. The lowest BCUT2D eigenvalue weighted by Gasteiger charge is -2.27. The molecule has 3 heteroatoms. The van der Waals surface area contributed by atoms with Gasteiger partial charge in [-0.2, -0.15) is 0 Å². The van der Waals surface area contributed by atoms with Gasteiger partial charge in [0, 0.05) is 11.8 Å². The highest BCUT2D eigenvalue weighted by molar-refractivity contribution is 5.94. The molecule has 0 aromatic carbocycles. The molecular weight excluding hydrogens is 178 g/mol. The van der Waals surface area contributed by atoms with E-state index in [0.29, 0.717) is 23.2 Å². The molecule has 76 valence electrons. The summed E-state index contributed by atoms with van der Waals surface area (Å²) in [6.45, 7) is 0. The smallest absolute Gasteiger partial charge is 0.0688 e. The van der Waals surface area contributed by atoms with Crippen LogP contribution in [0, 0.1) is 23.2 Å². The topological polar surface area (TPSA) is 52.8 Å². The van der Waals surface area contributed by atoms with E-state index in [-0.39, 0.29) is 0 Å². The van der Waals surface area contributed by atoms with E-state index in [2.05, 4.69) is 5.16 Å². The second-order valence-corrected chi connectivity index (χ2v) is 5.81. The van der Waals surface area contributed by atoms with Gasteiger partial charge in [-0.1, -0.05) is 5.16 Å². The Hall–Kier alpha value is -0.570. The highest BCUT2D eigenvalue weighted by Gasteiger charge is 2.75. The van der Waals surface area contributed by atoms with Gasteiger partial charge in [0.15, 0.2) is 0 Å². The molecule has 14 heavy (non-hydrogen) atoms. The Morgan fingerprint density at radius 1 is 1.29 bits per heavy atom. The zero-order valence-corrected chi connectivity index (χ0v) is 8.11. The van der Waals surface area contributed by atoms with E-state index < -0.39 is 5.60 Å². The molecule has 0 aliphatic heterocycles. The zero-order valence-electron chi connectivity index (χ0n) is 8.11. The van der Waals surface area contributed by atoms with Crippen molar-refractivity contribution in [1.29, 1.82) is 0 Å². The molecule has 0 saturated heterocycles. The molecule has 0 aromatic rings. The van der Waals surface area contributed by atoms with Gasteiger partial charge in [-0.25, -0.2) is 0 Å². The number of hydrogen-bond acceptors (Lipinski definition) is 3. The fourth-order valence-corrected chi connectivity index (χ4v) is 4.87. The molecule has 4 saturated carbocycles. The maximum absolute atomic E-state index is 10.5. The van der Waals surface area contributed by atoms with E-state index >= 15 is 0 Å². The van der Waals surface area contributed by atoms with Gasteiger partial charge in [0.05, 0.1) is 11.3 Å². The molecule has 0 aromatic heterocycles. The minimum absolute atomic E-state index is 0.364. The number of nitrogens with zero attached hydrogens (tertiary/aromatic N) is 1. The highest BCUT2D eigenvalue weighted by Crippen LogP contribution is 2.77. The predicted octanol–water partition coefficient (Wildman–Crippen LogP) is 1.39. The second kappa shape index (κ2) is 1.87. The van der Waals surface area contributed by atoms with Crippen molar-refractivity contribution in [3.05, 3.63) is 0 Å². The van der Waals surface area contributed by atoms with Gasteiger partial charge >= 0.3 is 0 Å². The Labute approximate surface area is 82.8 Å². The quantitative estimate of drug-likeness (QED) is 0.451. The summed E-state index contributed by atoms with van der Waals surface area (Å²) in [6.07, 6.45) is 5.26. The first-order valence-corrected chi connectivity index (χ1v) is 5.64. The van der Waals surface area contributed by atoms with Crippen molar-refractivity contribution in [3.63, 3.8) is 0 Å². The first kappa shape index (κ1) is 7.69. The Bertz CT molecular complexity index is 349. The van der Waals surface area contributed by atoms with Crippen molar-refractivity contribution in [2.45, 2.75) is 37.7 Å². The summed E-state index contributed by atoms with van der Waals surface area (Å²) >= 11 is 0. The summed E-state index contributed by atoms with van der Waals surface area (Å²) in [4.78, 5) is 0. The molecule has 4 aliphatic rings. The number of hydrogen-bond donors (Lipinski definition) is 2. The lowest BCUT2D eigenvalue weighted by Crippen LogP contribution is -2.31. The normalized spacial score (nSPS) is 65.8. The Kier molecular flexibility index (Phi) is 1.03. The van der Waals surface area contributed by atoms with Crippen LogP contribution in [0.15, 0.2) is 5.16 Å². The van der Waals surface area contributed by atoms with Gasteiger partial charge in [0.25, 0.3) is 0 Å². The summed E-state index contributed by atoms with van der Waals surface area (Å²) in [6, 6.07) is 0. The van der Waals surface area contributed by atoms with E-state index in [1.807, 2.05) is 0 Å². The molecule has 2 bridgehead atoms. The van der Waals surface area contributed by atoms with Crippen LogP contribution in [0.25, 0.3) is 0 Å².